The lowest BCUT2D eigenvalue weighted by atomic mass is 9.89. The van der Waals surface area contributed by atoms with Crippen molar-refractivity contribution in [1.82, 2.24) is 19.6 Å². The summed E-state index contributed by atoms with van der Waals surface area (Å²) in [5.41, 5.74) is 3.84. The third-order valence-electron chi connectivity index (χ3n) is 7.57. The van der Waals surface area contributed by atoms with E-state index in [1.165, 1.54) is 9.36 Å². The van der Waals surface area contributed by atoms with Gasteiger partial charge in [-0.3, -0.25) is 19.8 Å². The van der Waals surface area contributed by atoms with Crippen LogP contribution in [0.25, 0.3) is 22.7 Å². The molecular formula is C35H32N4O5. The van der Waals surface area contributed by atoms with Crippen molar-refractivity contribution in [2.45, 2.75) is 33.1 Å². The molecule has 0 bridgehead atoms. The number of benzene rings is 3. The molecule has 0 aliphatic heterocycles. The van der Waals surface area contributed by atoms with Gasteiger partial charge in [-0.15, -0.1) is 0 Å². The first-order valence-electron chi connectivity index (χ1n) is 14.5. The number of esters is 1. The van der Waals surface area contributed by atoms with Gasteiger partial charge in [0.25, 0.3) is 11.1 Å². The van der Waals surface area contributed by atoms with Crippen LogP contribution in [0.1, 0.15) is 57.9 Å². The number of aromatic nitrogens is 4. The molecule has 222 valence electrons. The van der Waals surface area contributed by atoms with E-state index in [1.54, 1.807) is 30.3 Å². The van der Waals surface area contributed by atoms with Crippen molar-refractivity contribution >= 4 is 5.97 Å². The topological polar surface area (TPSA) is 115 Å². The fraction of sp³-hybridized carbons (Fsp3) is 0.171. The number of hydrogen-bond donors (Lipinski definition) is 2. The van der Waals surface area contributed by atoms with Crippen LogP contribution in [0.2, 0.25) is 0 Å². The number of aryl methyl sites for hydroxylation is 2. The summed E-state index contributed by atoms with van der Waals surface area (Å²) in [5.74, 6) is -0.336. The van der Waals surface area contributed by atoms with Crippen LogP contribution in [0.5, 0.6) is 0 Å². The fourth-order valence-electron chi connectivity index (χ4n) is 5.49. The van der Waals surface area contributed by atoms with Crippen molar-refractivity contribution in [2.75, 3.05) is 6.61 Å². The molecule has 2 N–H and O–H groups in total. The van der Waals surface area contributed by atoms with Crippen LogP contribution >= 0.6 is 0 Å². The van der Waals surface area contributed by atoms with Crippen molar-refractivity contribution in [3.63, 3.8) is 0 Å². The second kappa shape index (κ2) is 12.0. The highest BCUT2D eigenvalue weighted by Crippen LogP contribution is 2.35. The van der Waals surface area contributed by atoms with Crippen LogP contribution in [0.15, 0.2) is 111 Å². The molecule has 6 aromatic rings. The Hall–Kier alpha value is -5.57. The fourth-order valence-corrected chi connectivity index (χ4v) is 5.49. The average molecular weight is 589 g/mol. The van der Waals surface area contributed by atoms with E-state index in [1.807, 2.05) is 87.5 Å². The zero-order chi connectivity index (χ0) is 30.8. The van der Waals surface area contributed by atoms with Gasteiger partial charge in [-0.25, -0.2) is 14.2 Å². The van der Waals surface area contributed by atoms with Gasteiger partial charge in [0.15, 0.2) is 0 Å². The second-order valence-corrected chi connectivity index (χ2v) is 10.6. The standard InChI is InChI=1S/C35H32N4O5/c1-4-20-43-35(42)25-13-11-12-24(21-25)28-18-19-29(44-28)32(30-22(2)36-38(33(30)40)26-14-7-5-8-15-26)31-23(3)37-39(34(31)41)27-16-9-6-10-17-27/h5-19,21,32,36-37H,4,20H2,1-3H3. The highest BCUT2D eigenvalue weighted by molar-refractivity contribution is 5.90. The van der Waals surface area contributed by atoms with E-state index in [0.29, 0.717) is 63.1 Å². The number of aromatic amines is 2. The number of carbonyl (C=O) groups excluding carboxylic acids is 1. The van der Waals surface area contributed by atoms with Gasteiger partial charge in [0.1, 0.15) is 11.5 Å². The predicted octanol–water partition coefficient (Wildman–Crippen LogP) is 6.27. The van der Waals surface area contributed by atoms with E-state index in [-0.39, 0.29) is 11.1 Å². The minimum atomic E-state index is -0.830. The zero-order valence-corrected chi connectivity index (χ0v) is 24.7. The number of ether oxygens (including phenoxy) is 1. The van der Waals surface area contributed by atoms with Gasteiger partial charge in [0, 0.05) is 17.0 Å². The molecule has 3 aromatic heterocycles. The molecule has 3 heterocycles. The molecular weight excluding hydrogens is 556 g/mol. The highest BCUT2D eigenvalue weighted by atomic mass is 16.5. The summed E-state index contributed by atoms with van der Waals surface area (Å²) < 4.78 is 14.7. The van der Waals surface area contributed by atoms with Crippen molar-refractivity contribution in [3.05, 3.63) is 152 Å². The number of furan rings is 1. The van der Waals surface area contributed by atoms with E-state index < -0.39 is 11.9 Å². The van der Waals surface area contributed by atoms with E-state index in [2.05, 4.69) is 10.2 Å². The Morgan fingerprint density at radius 1 is 0.773 bits per heavy atom. The largest absolute Gasteiger partial charge is 0.462 e. The third-order valence-corrected chi connectivity index (χ3v) is 7.57. The Morgan fingerprint density at radius 3 is 1.89 bits per heavy atom. The number of H-pyrrole nitrogens is 2. The Bertz CT molecular complexity index is 1950. The monoisotopic (exact) mass is 588 g/mol. The van der Waals surface area contributed by atoms with Gasteiger partial charge in [-0.2, -0.15) is 0 Å². The highest BCUT2D eigenvalue weighted by Gasteiger charge is 2.33. The van der Waals surface area contributed by atoms with Gasteiger partial charge in [0.2, 0.25) is 0 Å². The zero-order valence-electron chi connectivity index (χ0n) is 24.7. The summed E-state index contributed by atoms with van der Waals surface area (Å²) in [6.07, 6.45) is 0.726. The molecule has 0 fully saturated rings. The molecule has 44 heavy (non-hydrogen) atoms. The molecule has 0 aliphatic rings. The smallest absolute Gasteiger partial charge is 0.338 e. The number of hydrogen-bond acceptors (Lipinski definition) is 5. The maximum absolute atomic E-state index is 14.1. The molecule has 9 heteroatoms. The van der Waals surface area contributed by atoms with Crippen LogP contribution in [0, 0.1) is 13.8 Å². The molecule has 0 aliphatic carbocycles. The first kappa shape index (κ1) is 28.5. The Morgan fingerprint density at radius 2 is 1.34 bits per heavy atom. The number of rotatable bonds is 9. The quantitative estimate of drug-likeness (QED) is 0.193. The molecule has 0 atom stereocenters. The minimum absolute atomic E-state index is 0.288. The first-order chi connectivity index (χ1) is 21.4. The molecule has 0 saturated carbocycles. The van der Waals surface area contributed by atoms with Crippen LogP contribution in [-0.2, 0) is 4.74 Å². The summed E-state index contributed by atoms with van der Waals surface area (Å²) in [6.45, 7) is 5.90. The molecule has 0 saturated heterocycles. The van der Waals surface area contributed by atoms with Crippen molar-refractivity contribution in [1.29, 1.82) is 0 Å². The van der Waals surface area contributed by atoms with Gasteiger partial charge in [-0.05, 0) is 68.8 Å². The lowest BCUT2D eigenvalue weighted by Gasteiger charge is -2.13. The number of nitrogens with zero attached hydrogens (tertiary/aromatic N) is 2. The van der Waals surface area contributed by atoms with E-state index >= 15 is 0 Å². The lowest BCUT2D eigenvalue weighted by molar-refractivity contribution is 0.0505. The van der Waals surface area contributed by atoms with Gasteiger partial charge >= 0.3 is 5.97 Å². The van der Waals surface area contributed by atoms with Crippen LogP contribution < -0.4 is 11.1 Å². The third kappa shape index (κ3) is 5.24. The maximum Gasteiger partial charge on any atom is 0.338 e. The summed E-state index contributed by atoms with van der Waals surface area (Å²) in [6, 6.07) is 29.1. The summed E-state index contributed by atoms with van der Waals surface area (Å²) in [5, 5.41) is 6.39. The Balaban J connectivity index is 1.51. The van der Waals surface area contributed by atoms with E-state index in [9.17, 15) is 14.4 Å². The average Bonchev–Trinajstić information content (AvgIpc) is 3.74. The van der Waals surface area contributed by atoms with Crippen LogP contribution in [0.4, 0.5) is 0 Å². The van der Waals surface area contributed by atoms with Gasteiger partial charge in [-0.1, -0.05) is 55.5 Å². The van der Waals surface area contributed by atoms with Crippen LogP contribution in [-0.4, -0.2) is 32.1 Å². The Kier molecular flexibility index (Phi) is 7.76. The first-order valence-corrected chi connectivity index (χ1v) is 14.5. The molecule has 6 rings (SSSR count). The molecule has 0 amide bonds. The molecule has 0 radical (unpaired) electrons. The Labute approximate surface area is 253 Å². The number of nitrogens with one attached hydrogen (secondary N) is 2. The van der Waals surface area contributed by atoms with Crippen molar-refractivity contribution in [2.24, 2.45) is 0 Å². The second-order valence-electron chi connectivity index (χ2n) is 10.6. The lowest BCUT2D eigenvalue weighted by Crippen LogP contribution is -2.25. The SMILES string of the molecule is CCCOC(=O)c1cccc(-c2ccc(C(c3c(C)[nH]n(-c4ccccc4)c3=O)c3c(C)[nH]n(-c4ccccc4)c3=O)o2)c1. The maximum atomic E-state index is 14.1. The van der Waals surface area contributed by atoms with Gasteiger partial charge < -0.3 is 9.15 Å². The summed E-state index contributed by atoms with van der Waals surface area (Å²) in [4.78, 5) is 40.7. The molecule has 0 unspecified atom stereocenters. The predicted molar refractivity (Wildman–Crippen MR) is 168 cm³/mol. The molecule has 9 nitrogen and oxygen atoms in total. The van der Waals surface area contributed by atoms with Crippen molar-refractivity contribution < 1.29 is 13.9 Å². The normalized spacial score (nSPS) is 11.3. The van der Waals surface area contributed by atoms with Crippen LogP contribution in [0.3, 0.4) is 0 Å². The minimum Gasteiger partial charge on any atom is -0.462 e. The van der Waals surface area contributed by atoms with Gasteiger partial charge in [0.05, 0.1) is 40.6 Å². The van der Waals surface area contributed by atoms with Crippen molar-refractivity contribution in [3.8, 4) is 22.7 Å². The number of para-hydroxylation sites is 2. The summed E-state index contributed by atoms with van der Waals surface area (Å²) >= 11 is 0. The van der Waals surface area contributed by atoms with E-state index in [0.717, 1.165) is 6.42 Å². The number of carbonyl (C=O) groups is 1. The molecule has 3 aromatic carbocycles. The summed E-state index contributed by atoms with van der Waals surface area (Å²) in [7, 11) is 0. The molecule has 0 spiro atoms. The van der Waals surface area contributed by atoms with E-state index in [4.69, 9.17) is 9.15 Å².